The summed E-state index contributed by atoms with van der Waals surface area (Å²) in [5.74, 6) is 3.24. The van der Waals surface area contributed by atoms with Crippen LogP contribution >= 0.6 is 24.0 Å². The summed E-state index contributed by atoms with van der Waals surface area (Å²) in [7, 11) is 0. The molecular weight excluding hydrogens is 245 g/mol. The van der Waals surface area contributed by atoms with Crippen molar-refractivity contribution in [3.63, 3.8) is 0 Å². The van der Waals surface area contributed by atoms with E-state index in [4.69, 9.17) is 22.8 Å². The molecule has 16 heavy (non-hydrogen) atoms. The molecule has 0 aliphatic heterocycles. The van der Waals surface area contributed by atoms with E-state index in [-0.39, 0.29) is 12.4 Å². The van der Waals surface area contributed by atoms with E-state index in [1.807, 2.05) is 25.1 Å². The van der Waals surface area contributed by atoms with Gasteiger partial charge in [0.1, 0.15) is 5.75 Å². The van der Waals surface area contributed by atoms with Crippen molar-refractivity contribution in [3.05, 3.63) is 28.8 Å². The summed E-state index contributed by atoms with van der Waals surface area (Å²) in [4.78, 5) is 0. The van der Waals surface area contributed by atoms with E-state index in [9.17, 15) is 0 Å². The van der Waals surface area contributed by atoms with Crippen molar-refractivity contribution in [2.24, 2.45) is 0 Å². The Hall–Kier alpha value is -0.880. The quantitative estimate of drug-likeness (QED) is 0.649. The Labute approximate surface area is 108 Å². The van der Waals surface area contributed by atoms with Gasteiger partial charge in [-0.25, -0.2) is 0 Å². The van der Waals surface area contributed by atoms with Crippen LogP contribution in [-0.2, 0) is 6.54 Å². The lowest BCUT2D eigenvalue weighted by Crippen LogP contribution is -2.12. The smallest absolute Gasteiger partial charge is 0.137 e. The van der Waals surface area contributed by atoms with E-state index >= 15 is 0 Å². The van der Waals surface area contributed by atoms with Crippen molar-refractivity contribution in [1.82, 2.24) is 5.32 Å². The highest BCUT2D eigenvalue weighted by Crippen LogP contribution is 2.25. The van der Waals surface area contributed by atoms with Gasteiger partial charge in [-0.1, -0.05) is 23.6 Å². The number of hydrogen-bond donors (Lipinski definition) is 1. The van der Waals surface area contributed by atoms with E-state index in [1.54, 1.807) is 0 Å². The summed E-state index contributed by atoms with van der Waals surface area (Å²) in [6, 6.07) is 5.73. The molecule has 1 aromatic rings. The van der Waals surface area contributed by atoms with Gasteiger partial charge in [0.15, 0.2) is 0 Å². The topological polar surface area (TPSA) is 21.3 Å². The van der Waals surface area contributed by atoms with E-state index in [2.05, 4.69) is 11.2 Å². The Morgan fingerprint density at radius 2 is 2.25 bits per heavy atom. The second-order valence-corrected chi connectivity index (χ2v) is 3.41. The molecule has 0 saturated carbocycles. The molecule has 0 heterocycles. The SMILES string of the molecule is C#CCNCc1ccc(OCC)c(Cl)c1.Cl. The summed E-state index contributed by atoms with van der Waals surface area (Å²) in [5.41, 5.74) is 1.10. The van der Waals surface area contributed by atoms with E-state index in [0.29, 0.717) is 18.2 Å². The first-order valence-electron chi connectivity index (χ1n) is 4.83. The molecule has 2 nitrogen and oxygen atoms in total. The van der Waals surface area contributed by atoms with Crippen LogP contribution in [0.1, 0.15) is 12.5 Å². The summed E-state index contributed by atoms with van der Waals surface area (Å²) < 4.78 is 5.33. The van der Waals surface area contributed by atoms with Crippen LogP contribution < -0.4 is 10.1 Å². The molecule has 1 rings (SSSR count). The number of rotatable bonds is 5. The van der Waals surface area contributed by atoms with Gasteiger partial charge >= 0.3 is 0 Å². The zero-order chi connectivity index (χ0) is 11.1. The molecule has 0 saturated heterocycles. The van der Waals surface area contributed by atoms with Crippen molar-refractivity contribution < 1.29 is 4.74 Å². The van der Waals surface area contributed by atoms with Gasteiger partial charge in [-0.3, -0.25) is 0 Å². The maximum atomic E-state index is 6.03. The van der Waals surface area contributed by atoms with Crippen LogP contribution in [0.25, 0.3) is 0 Å². The highest BCUT2D eigenvalue weighted by Gasteiger charge is 2.01. The number of nitrogens with one attached hydrogen (secondary N) is 1. The lowest BCUT2D eigenvalue weighted by molar-refractivity contribution is 0.340. The van der Waals surface area contributed by atoms with Gasteiger partial charge in [0.05, 0.1) is 18.2 Å². The average Bonchev–Trinajstić information content (AvgIpc) is 2.23. The second kappa shape index (κ2) is 8.29. The Morgan fingerprint density at radius 3 is 2.81 bits per heavy atom. The first-order chi connectivity index (χ1) is 7.27. The fourth-order valence-electron chi connectivity index (χ4n) is 1.21. The summed E-state index contributed by atoms with van der Waals surface area (Å²) in [6.07, 6.45) is 5.13. The fourth-order valence-corrected chi connectivity index (χ4v) is 1.46. The van der Waals surface area contributed by atoms with Crippen molar-refractivity contribution in [3.8, 4) is 18.1 Å². The Morgan fingerprint density at radius 1 is 1.50 bits per heavy atom. The van der Waals surface area contributed by atoms with Crippen molar-refractivity contribution in [1.29, 1.82) is 0 Å². The van der Waals surface area contributed by atoms with Crippen molar-refractivity contribution in [2.45, 2.75) is 13.5 Å². The molecule has 0 aliphatic rings. The number of terminal acetylenes is 1. The molecule has 0 atom stereocenters. The van der Waals surface area contributed by atoms with Gasteiger partial charge in [-0.15, -0.1) is 18.8 Å². The third kappa shape index (κ3) is 4.76. The number of benzene rings is 1. The monoisotopic (exact) mass is 259 g/mol. The molecule has 4 heteroatoms. The molecule has 0 amide bonds. The molecule has 88 valence electrons. The van der Waals surface area contributed by atoms with Crippen molar-refractivity contribution in [2.75, 3.05) is 13.2 Å². The molecule has 0 spiro atoms. The number of hydrogen-bond acceptors (Lipinski definition) is 2. The van der Waals surface area contributed by atoms with E-state index in [0.717, 1.165) is 17.9 Å². The van der Waals surface area contributed by atoms with Crippen LogP contribution in [0, 0.1) is 12.3 Å². The summed E-state index contributed by atoms with van der Waals surface area (Å²) >= 11 is 6.03. The van der Waals surface area contributed by atoms with E-state index < -0.39 is 0 Å². The van der Waals surface area contributed by atoms with Gasteiger partial charge < -0.3 is 10.1 Å². The van der Waals surface area contributed by atoms with Crippen molar-refractivity contribution >= 4 is 24.0 Å². The molecule has 1 aromatic carbocycles. The molecule has 0 aromatic heterocycles. The van der Waals surface area contributed by atoms with Crippen LogP contribution in [0.5, 0.6) is 5.75 Å². The number of ether oxygens (including phenoxy) is 1. The predicted molar refractivity (Wildman–Crippen MR) is 70.4 cm³/mol. The first-order valence-corrected chi connectivity index (χ1v) is 5.21. The minimum absolute atomic E-state index is 0. The Balaban J connectivity index is 0.00000225. The van der Waals surface area contributed by atoms with Crippen LogP contribution in [0.3, 0.4) is 0 Å². The van der Waals surface area contributed by atoms with Gasteiger partial charge in [0, 0.05) is 6.54 Å². The number of halogens is 2. The lowest BCUT2D eigenvalue weighted by Gasteiger charge is -2.07. The Kier molecular flexibility index (Phi) is 7.84. The van der Waals surface area contributed by atoms with Gasteiger partial charge in [-0.05, 0) is 24.6 Å². The normalized spacial score (nSPS) is 9.06. The molecular formula is C12H15Cl2NO. The molecule has 0 radical (unpaired) electrons. The molecule has 0 bridgehead atoms. The minimum Gasteiger partial charge on any atom is -0.492 e. The first kappa shape index (κ1) is 15.1. The molecule has 1 N–H and O–H groups in total. The minimum atomic E-state index is 0. The highest BCUT2D eigenvalue weighted by molar-refractivity contribution is 6.32. The van der Waals surface area contributed by atoms with Gasteiger partial charge in [-0.2, -0.15) is 0 Å². The van der Waals surface area contributed by atoms with Gasteiger partial charge in [0.25, 0.3) is 0 Å². The Bertz CT molecular complexity index is 361. The third-order valence-corrected chi connectivity index (χ3v) is 2.15. The van der Waals surface area contributed by atoms with Crippen LogP contribution in [-0.4, -0.2) is 13.2 Å². The molecule has 0 aliphatic carbocycles. The highest BCUT2D eigenvalue weighted by atomic mass is 35.5. The van der Waals surface area contributed by atoms with Crippen LogP contribution in [0.15, 0.2) is 18.2 Å². The maximum Gasteiger partial charge on any atom is 0.137 e. The zero-order valence-electron chi connectivity index (χ0n) is 9.13. The third-order valence-electron chi connectivity index (χ3n) is 1.85. The summed E-state index contributed by atoms with van der Waals surface area (Å²) in [5, 5.41) is 3.73. The second-order valence-electron chi connectivity index (χ2n) is 3.01. The predicted octanol–water partition coefficient (Wildman–Crippen LogP) is 2.88. The van der Waals surface area contributed by atoms with Crippen LogP contribution in [0.4, 0.5) is 0 Å². The molecule has 0 unspecified atom stereocenters. The molecule has 0 fully saturated rings. The van der Waals surface area contributed by atoms with E-state index in [1.165, 1.54) is 0 Å². The zero-order valence-corrected chi connectivity index (χ0v) is 10.7. The summed E-state index contributed by atoms with van der Waals surface area (Å²) in [6.45, 7) is 3.83. The largest absolute Gasteiger partial charge is 0.492 e. The maximum absolute atomic E-state index is 6.03. The fraction of sp³-hybridized carbons (Fsp3) is 0.333. The average molecular weight is 260 g/mol. The van der Waals surface area contributed by atoms with Gasteiger partial charge in [0.2, 0.25) is 0 Å². The standard InChI is InChI=1S/C12H14ClNO.ClH/c1-3-7-14-9-10-5-6-12(15-4-2)11(13)8-10;/h1,5-6,8,14H,4,7,9H2,2H3;1H. The lowest BCUT2D eigenvalue weighted by atomic mass is 10.2. The van der Waals surface area contributed by atoms with Crippen LogP contribution in [0.2, 0.25) is 5.02 Å².